The van der Waals surface area contributed by atoms with Gasteiger partial charge in [0.25, 0.3) is 10.1 Å². The second-order valence-corrected chi connectivity index (χ2v) is 5.08. The van der Waals surface area contributed by atoms with E-state index < -0.39 is 10.1 Å². The van der Waals surface area contributed by atoms with E-state index in [1.54, 1.807) is 0 Å². The molecule has 7 heteroatoms. The highest BCUT2D eigenvalue weighted by Crippen LogP contribution is 2.18. The van der Waals surface area contributed by atoms with Crippen LogP contribution in [0.15, 0.2) is 27.9 Å². The number of aromatic nitrogens is 1. The van der Waals surface area contributed by atoms with Gasteiger partial charge in [0.1, 0.15) is 0 Å². The molecular weight excluding hydrogens is 226 g/mol. The molecule has 0 unspecified atom stereocenters. The molecule has 5 nitrogen and oxygen atoms in total. The molecular formula is C7H5NO4S2. The van der Waals surface area contributed by atoms with Gasteiger partial charge in [-0.3, -0.25) is 9.35 Å². The minimum absolute atomic E-state index is 0.208. The fourth-order valence-electron chi connectivity index (χ4n) is 1.09. The standard InChI is InChI=1S/C7H5NO4S2/c9-7-8-5-2-1-4(14(10,11)12)3-6(5)13-7/h1-3H,(H,8,9)(H,10,11,12). The molecule has 0 saturated carbocycles. The smallest absolute Gasteiger partial charge is 0.305 e. The van der Waals surface area contributed by atoms with E-state index in [0.717, 1.165) is 11.3 Å². The number of thiazole rings is 1. The van der Waals surface area contributed by atoms with Crippen molar-refractivity contribution in [2.45, 2.75) is 4.90 Å². The summed E-state index contributed by atoms with van der Waals surface area (Å²) in [4.78, 5) is 13.0. The Labute approximate surface area is 82.8 Å². The van der Waals surface area contributed by atoms with Crippen LogP contribution in [0.25, 0.3) is 10.2 Å². The summed E-state index contributed by atoms with van der Waals surface area (Å²) in [6.45, 7) is 0. The van der Waals surface area contributed by atoms with Crippen molar-refractivity contribution in [1.82, 2.24) is 4.98 Å². The molecule has 0 spiro atoms. The molecule has 0 radical (unpaired) electrons. The van der Waals surface area contributed by atoms with Crippen molar-refractivity contribution in [2.24, 2.45) is 0 Å². The van der Waals surface area contributed by atoms with Crippen LogP contribution >= 0.6 is 11.3 Å². The number of hydrogen-bond donors (Lipinski definition) is 2. The normalized spacial score (nSPS) is 12.1. The predicted octanol–water partition coefficient (Wildman–Crippen LogP) is 0.836. The lowest BCUT2D eigenvalue weighted by molar-refractivity contribution is 0.483. The van der Waals surface area contributed by atoms with Crippen LogP contribution in [0.5, 0.6) is 0 Å². The first kappa shape index (κ1) is 9.38. The molecule has 74 valence electrons. The summed E-state index contributed by atoms with van der Waals surface area (Å²) in [6, 6.07) is 3.93. The molecule has 0 bridgehead atoms. The van der Waals surface area contributed by atoms with Crippen LogP contribution in [0.2, 0.25) is 0 Å². The SMILES string of the molecule is O=c1[nH]c2ccc(S(=O)(=O)O)cc2s1. The topological polar surface area (TPSA) is 87.2 Å². The maximum atomic E-state index is 10.9. The molecule has 2 N–H and O–H groups in total. The molecule has 0 aliphatic carbocycles. The van der Waals surface area contributed by atoms with Crippen LogP contribution in [0, 0.1) is 0 Å². The van der Waals surface area contributed by atoms with Crippen LogP contribution in [0.4, 0.5) is 0 Å². The van der Waals surface area contributed by atoms with Crippen LogP contribution in [-0.4, -0.2) is 18.0 Å². The van der Waals surface area contributed by atoms with Gasteiger partial charge in [-0.25, -0.2) is 0 Å². The molecule has 0 atom stereocenters. The molecule has 0 fully saturated rings. The summed E-state index contributed by atoms with van der Waals surface area (Å²) < 4.78 is 30.8. The van der Waals surface area contributed by atoms with Gasteiger partial charge in [-0.2, -0.15) is 8.42 Å². The fraction of sp³-hybridized carbons (Fsp3) is 0. The third-order valence-electron chi connectivity index (χ3n) is 1.69. The Hall–Kier alpha value is -1.18. The maximum absolute atomic E-state index is 10.9. The Morgan fingerprint density at radius 3 is 2.71 bits per heavy atom. The van der Waals surface area contributed by atoms with Gasteiger partial charge in [0.05, 0.1) is 15.1 Å². The van der Waals surface area contributed by atoms with Gasteiger partial charge < -0.3 is 4.98 Å². The zero-order valence-corrected chi connectivity index (χ0v) is 8.35. The van der Waals surface area contributed by atoms with E-state index in [1.165, 1.54) is 18.2 Å². The van der Waals surface area contributed by atoms with Crippen LogP contribution < -0.4 is 4.87 Å². The van der Waals surface area contributed by atoms with Crippen molar-refractivity contribution in [1.29, 1.82) is 0 Å². The Bertz CT molecular complexity index is 637. The third-order valence-corrected chi connectivity index (χ3v) is 3.39. The van der Waals surface area contributed by atoms with Gasteiger partial charge in [-0.05, 0) is 18.2 Å². The van der Waals surface area contributed by atoms with Gasteiger partial charge in [-0.1, -0.05) is 11.3 Å². The highest BCUT2D eigenvalue weighted by molar-refractivity contribution is 7.85. The predicted molar refractivity (Wildman–Crippen MR) is 52.3 cm³/mol. The number of hydrogen-bond acceptors (Lipinski definition) is 4. The summed E-state index contributed by atoms with van der Waals surface area (Å²) in [5.74, 6) is 0. The average molecular weight is 231 g/mol. The molecule has 0 aliphatic rings. The van der Waals surface area contributed by atoms with Gasteiger partial charge >= 0.3 is 4.87 Å². The van der Waals surface area contributed by atoms with Crippen molar-refractivity contribution < 1.29 is 13.0 Å². The second kappa shape index (κ2) is 2.91. The summed E-state index contributed by atoms with van der Waals surface area (Å²) in [5.41, 5.74) is 0.562. The molecule has 1 aromatic heterocycles. The summed E-state index contributed by atoms with van der Waals surface area (Å²) in [5, 5.41) is 0. The highest BCUT2D eigenvalue weighted by atomic mass is 32.2. The summed E-state index contributed by atoms with van der Waals surface area (Å²) in [7, 11) is -4.19. The zero-order chi connectivity index (χ0) is 10.3. The lowest BCUT2D eigenvalue weighted by atomic mass is 10.3. The molecule has 1 heterocycles. The quantitative estimate of drug-likeness (QED) is 0.712. The zero-order valence-electron chi connectivity index (χ0n) is 6.72. The molecule has 2 rings (SSSR count). The Balaban J connectivity index is 2.80. The number of rotatable bonds is 1. The number of fused-ring (bicyclic) bond motifs is 1. The minimum atomic E-state index is -4.19. The van der Waals surface area contributed by atoms with Gasteiger partial charge in [0, 0.05) is 0 Å². The molecule has 0 aliphatic heterocycles. The van der Waals surface area contributed by atoms with Crippen molar-refractivity contribution in [2.75, 3.05) is 0 Å². The molecule has 0 amide bonds. The lowest BCUT2D eigenvalue weighted by Crippen LogP contribution is -1.96. The number of nitrogens with one attached hydrogen (secondary N) is 1. The van der Waals surface area contributed by atoms with Gasteiger partial charge in [0.2, 0.25) is 0 Å². The van der Waals surface area contributed by atoms with Crippen LogP contribution in [0.1, 0.15) is 0 Å². The van der Waals surface area contributed by atoms with Crippen LogP contribution in [0.3, 0.4) is 0 Å². The average Bonchev–Trinajstić information content (AvgIpc) is 2.41. The largest absolute Gasteiger partial charge is 0.312 e. The fourth-order valence-corrected chi connectivity index (χ4v) is 2.44. The van der Waals surface area contributed by atoms with E-state index >= 15 is 0 Å². The first-order chi connectivity index (χ1) is 6.47. The summed E-state index contributed by atoms with van der Waals surface area (Å²) in [6.07, 6.45) is 0. The Kier molecular flexibility index (Phi) is 1.95. The van der Waals surface area contributed by atoms with E-state index in [4.69, 9.17) is 4.55 Å². The number of H-pyrrole nitrogens is 1. The van der Waals surface area contributed by atoms with Crippen molar-refractivity contribution in [3.05, 3.63) is 27.9 Å². The maximum Gasteiger partial charge on any atom is 0.305 e. The number of aromatic amines is 1. The first-order valence-electron chi connectivity index (χ1n) is 3.57. The molecule has 1 aromatic carbocycles. The number of benzene rings is 1. The van der Waals surface area contributed by atoms with E-state index in [2.05, 4.69) is 4.98 Å². The van der Waals surface area contributed by atoms with Crippen molar-refractivity contribution in [3.63, 3.8) is 0 Å². The Morgan fingerprint density at radius 2 is 2.07 bits per heavy atom. The van der Waals surface area contributed by atoms with E-state index in [0.29, 0.717) is 10.2 Å². The molecule has 0 saturated heterocycles. The van der Waals surface area contributed by atoms with E-state index in [-0.39, 0.29) is 9.77 Å². The second-order valence-electron chi connectivity index (χ2n) is 2.65. The van der Waals surface area contributed by atoms with Crippen LogP contribution in [-0.2, 0) is 10.1 Å². The first-order valence-corrected chi connectivity index (χ1v) is 5.83. The summed E-state index contributed by atoms with van der Waals surface area (Å²) >= 11 is 0.896. The minimum Gasteiger partial charge on any atom is -0.312 e. The van der Waals surface area contributed by atoms with Crippen molar-refractivity contribution >= 4 is 31.7 Å². The van der Waals surface area contributed by atoms with E-state index in [9.17, 15) is 13.2 Å². The monoisotopic (exact) mass is 231 g/mol. The highest BCUT2D eigenvalue weighted by Gasteiger charge is 2.10. The van der Waals surface area contributed by atoms with E-state index in [1.807, 2.05) is 0 Å². The van der Waals surface area contributed by atoms with Crippen molar-refractivity contribution in [3.8, 4) is 0 Å². The Morgan fingerprint density at radius 1 is 1.36 bits per heavy atom. The molecule has 2 aromatic rings. The third kappa shape index (κ3) is 1.57. The van der Waals surface area contributed by atoms with Gasteiger partial charge in [0.15, 0.2) is 0 Å². The molecule has 14 heavy (non-hydrogen) atoms. The van der Waals surface area contributed by atoms with Gasteiger partial charge in [-0.15, -0.1) is 0 Å². The lowest BCUT2D eigenvalue weighted by Gasteiger charge is -1.95.